The molecule has 0 heterocycles. The lowest BCUT2D eigenvalue weighted by molar-refractivity contribution is 0.594. The van der Waals surface area contributed by atoms with Gasteiger partial charge in [0.05, 0.1) is 0 Å². The molecule has 1 rings (SSSR count). The van der Waals surface area contributed by atoms with E-state index in [2.05, 4.69) is 6.92 Å². The van der Waals surface area contributed by atoms with Crippen molar-refractivity contribution in [2.75, 3.05) is 6.16 Å². The second-order valence-corrected chi connectivity index (χ2v) is 5.80. The number of nitrogens with two attached hydrogens (primary N) is 1. The summed E-state index contributed by atoms with van der Waals surface area (Å²) in [7, 11) is -0.694. The van der Waals surface area contributed by atoms with Gasteiger partial charge in [0.2, 0.25) is 0 Å². The van der Waals surface area contributed by atoms with E-state index in [1.807, 2.05) is 0 Å². The van der Waals surface area contributed by atoms with Crippen LogP contribution >= 0.6 is 8.15 Å². The molecule has 0 radical (unpaired) electrons. The van der Waals surface area contributed by atoms with Crippen LogP contribution in [0.5, 0.6) is 0 Å². The first-order chi connectivity index (χ1) is 5.74. The first-order valence-corrected chi connectivity index (χ1v) is 6.50. The van der Waals surface area contributed by atoms with Gasteiger partial charge in [0.1, 0.15) is 0 Å². The van der Waals surface area contributed by atoms with Crippen LogP contribution in [0.3, 0.4) is 0 Å². The van der Waals surface area contributed by atoms with Gasteiger partial charge < -0.3 is 10.6 Å². The molecular formula is C9H20NOP. The molecule has 0 aromatic carbocycles. The van der Waals surface area contributed by atoms with Gasteiger partial charge in [-0.2, -0.15) is 0 Å². The summed E-state index contributed by atoms with van der Waals surface area (Å²) in [5.41, 5.74) is 6.35. The van der Waals surface area contributed by atoms with Crippen LogP contribution in [0.1, 0.15) is 39.0 Å². The van der Waals surface area contributed by atoms with Crippen LogP contribution in [0.2, 0.25) is 0 Å². The molecule has 72 valence electrons. The fourth-order valence-corrected chi connectivity index (χ4v) is 3.73. The molecule has 3 unspecified atom stereocenters. The largest absolute Gasteiger partial charge is 0.374 e. The average Bonchev–Trinajstić information content (AvgIpc) is 2.47. The van der Waals surface area contributed by atoms with Crippen LogP contribution in [0.4, 0.5) is 0 Å². The third-order valence-electron chi connectivity index (χ3n) is 2.61. The van der Waals surface area contributed by atoms with Crippen molar-refractivity contribution < 1.29 is 4.89 Å². The Morgan fingerprint density at radius 1 is 1.50 bits per heavy atom. The molecule has 1 aliphatic rings. The Bertz CT molecular complexity index is 132. The molecule has 0 bridgehead atoms. The van der Waals surface area contributed by atoms with Crippen LogP contribution in [-0.2, 0) is 0 Å². The summed E-state index contributed by atoms with van der Waals surface area (Å²) in [6.07, 6.45) is 6.74. The highest BCUT2D eigenvalue weighted by Gasteiger charge is 2.27. The summed E-state index contributed by atoms with van der Waals surface area (Å²) >= 11 is 0. The molecule has 1 saturated carbocycles. The van der Waals surface area contributed by atoms with Gasteiger partial charge in [-0.15, -0.1) is 0 Å². The number of unbranched alkanes of at least 4 members (excludes halogenated alkanes) is 1. The van der Waals surface area contributed by atoms with E-state index in [-0.39, 0.29) is 0 Å². The highest BCUT2D eigenvalue weighted by molar-refractivity contribution is 7.52. The summed E-state index contributed by atoms with van der Waals surface area (Å²) in [4.78, 5) is 9.81. The highest BCUT2D eigenvalue weighted by Crippen LogP contribution is 2.45. The molecule has 2 nitrogen and oxygen atoms in total. The van der Waals surface area contributed by atoms with Crippen molar-refractivity contribution in [3.05, 3.63) is 0 Å². The van der Waals surface area contributed by atoms with Crippen LogP contribution < -0.4 is 5.73 Å². The molecular weight excluding hydrogens is 169 g/mol. The predicted octanol–water partition coefficient (Wildman–Crippen LogP) is 2.06. The van der Waals surface area contributed by atoms with Crippen molar-refractivity contribution in [3.8, 4) is 0 Å². The van der Waals surface area contributed by atoms with Crippen molar-refractivity contribution in [1.82, 2.24) is 0 Å². The summed E-state index contributed by atoms with van der Waals surface area (Å²) in [5.74, 6) is 0. The predicted molar refractivity (Wildman–Crippen MR) is 54.5 cm³/mol. The molecule has 1 fully saturated rings. The summed E-state index contributed by atoms with van der Waals surface area (Å²) in [5, 5.41) is 0. The molecule has 0 aliphatic heterocycles. The lowest BCUT2D eigenvalue weighted by Gasteiger charge is -2.16. The van der Waals surface area contributed by atoms with E-state index >= 15 is 0 Å². The number of hydrogen-bond donors (Lipinski definition) is 2. The fourth-order valence-electron chi connectivity index (χ4n) is 1.77. The van der Waals surface area contributed by atoms with Gasteiger partial charge in [-0.1, -0.05) is 13.3 Å². The van der Waals surface area contributed by atoms with Gasteiger partial charge in [0.25, 0.3) is 0 Å². The third-order valence-corrected chi connectivity index (χ3v) is 4.69. The molecule has 1 aliphatic carbocycles. The Kier molecular flexibility index (Phi) is 4.49. The van der Waals surface area contributed by atoms with Crippen LogP contribution in [0.15, 0.2) is 0 Å². The van der Waals surface area contributed by atoms with Gasteiger partial charge >= 0.3 is 0 Å². The van der Waals surface area contributed by atoms with Gasteiger partial charge in [-0.3, -0.25) is 0 Å². The first kappa shape index (κ1) is 10.4. The van der Waals surface area contributed by atoms with Crippen molar-refractivity contribution >= 4 is 8.15 Å². The maximum atomic E-state index is 9.81. The van der Waals surface area contributed by atoms with E-state index in [0.717, 1.165) is 25.4 Å². The van der Waals surface area contributed by atoms with Gasteiger partial charge in [0.15, 0.2) is 0 Å². The van der Waals surface area contributed by atoms with Gasteiger partial charge in [-0.25, -0.2) is 0 Å². The van der Waals surface area contributed by atoms with Crippen molar-refractivity contribution in [1.29, 1.82) is 0 Å². The van der Waals surface area contributed by atoms with Crippen LogP contribution in [-0.4, -0.2) is 22.8 Å². The molecule has 0 amide bonds. The molecule has 3 heteroatoms. The van der Waals surface area contributed by atoms with E-state index < -0.39 is 8.15 Å². The van der Waals surface area contributed by atoms with E-state index in [4.69, 9.17) is 5.73 Å². The molecule has 3 N–H and O–H groups in total. The summed E-state index contributed by atoms with van der Waals surface area (Å²) < 4.78 is 0. The molecule has 0 aromatic rings. The van der Waals surface area contributed by atoms with Crippen molar-refractivity contribution in [3.63, 3.8) is 0 Å². The third kappa shape index (κ3) is 3.01. The normalized spacial score (nSPS) is 32.2. The van der Waals surface area contributed by atoms with Crippen LogP contribution in [0, 0.1) is 0 Å². The van der Waals surface area contributed by atoms with Crippen molar-refractivity contribution in [2.24, 2.45) is 5.73 Å². The maximum Gasteiger partial charge on any atom is 0.0283 e. The monoisotopic (exact) mass is 189 g/mol. The Balaban J connectivity index is 2.18. The molecule has 0 saturated heterocycles. The standard InChI is InChI=1S/C9H20NOP/c1-2-3-6-12(11)9-5-4-8(10)7-9/h8-9,11H,2-7,10H2,1H3. The van der Waals surface area contributed by atoms with E-state index in [1.165, 1.54) is 12.8 Å². The number of hydrogen-bond acceptors (Lipinski definition) is 2. The summed E-state index contributed by atoms with van der Waals surface area (Å²) in [6.45, 7) is 2.17. The Morgan fingerprint density at radius 3 is 2.75 bits per heavy atom. The lowest BCUT2D eigenvalue weighted by Crippen LogP contribution is -2.15. The minimum absolute atomic E-state index is 0.369. The highest BCUT2D eigenvalue weighted by atomic mass is 31.1. The number of rotatable bonds is 4. The minimum atomic E-state index is -0.694. The Labute approximate surface area is 76.4 Å². The summed E-state index contributed by atoms with van der Waals surface area (Å²) in [6, 6.07) is 0.369. The Hall–Kier alpha value is 0.350. The topological polar surface area (TPSA) is 46.2 Å². The zero-order valence-corrected chi connectivity index (χ0v) is 8.76. The lowest BCUT2D eigenvalue weighted by atomic mass is 10.3. The van der Waals surface area contributed by atoms with E-state index in [1.54, 1.807) is 0 Å². The smallest absolute Gasteiger partial charge is 0.0283 e. The maximum absolute atomic E-state index is 9.81. The molecule has 0 aromatic heterocycles. The average molecular weight is 189 g/mol. The molecule has 3 atom stereocenters. The molecule has 0 spiro atoms. The quantitative estimate of drug-likeness (QED) is 0.665. The van der Waals surface area contributed by atoms with Crippen LogP contribution in [0.25, 0.3) is 0 Å². The van der Waals surface area contributed by atoms with Gasteiger partial charge in [-0.05, 0) is 31.8 Å². The fraction of sp³-hybridized carbons (Fsp3) is 1.00. The second kappa shape index (κ2) is 5.16. The zero-order chi connectivity index (χ0) is 8.97. The first-order valence-electron chi connectivity index (χ1n) is 4.95. The van der Waals surface area contributed by atoms with Gasteiger partial charge in [0, 0.05) is 19.8 Å². The van der Waals surface area contributed by atoms with Crippen molar-refractivity contribution in [2.45, 2.75) is 50.7 Å². The Morgan fingerprint density at radius 2 is 2.25 bits per heavy atom. The zero-order valence-electron chi connectivity index (χ0n) is 7.87. The molecule has 12 heavy (non-hydrogen) atoms. The minimum Gasteiger partial charge on any atom is -0.374 e. The van der Waals surface area contributed by atoms with E-state index in [9.17, 15) is 4.89 Å². The second-order valence-electron chi connectivity index (χ2n) is 3.74. The van der Waals surface area contributed by atoms with E-state index in [0.29, 0.717) is 11.7 Å². The SMILES string of the molecule is CCCCP(O)C1CCC(N)C1.